The number of halogens is 2. The van der Waals surface area contributed by atoms with E-state index in [1.54, 1.807) is 19.2 Å². The molecule has 0 fully saturated rings. The van der Waals surface area contributed by atoms with E-state index in [2.05, 4.69) is 35.6 Å². The molecule has 9 nitrogen and oxygen atoms in total. The number of methoxy groups -OCH3 is 1. The number of rotatable bonds is 5. The van der Waals surface area contributed by atoms with Gasteiger partial charge in [-0.25, -0.2) is 9.97 Å². The fraction of sp³-hybridized carbons (Fsp3) is 0.167. The Morgan fingerprint density at radius 2 is 1.72 bits per heavy atom. The number of aromatic nitrogens is 3. The number of nitrogens with one attached hydrogen (secondary N) is 3. The van der Waals surface area contributed by atoms with Crippen LogP contribution in [0.2, 0.25) is 0 Å². The normalized spacial score (nSPS) is 16.8. The predicted molar refractivity (Wildman–Crippen MR) is 101 cm³/mol. The molecular formula is C18H16F2N6O3. The second-order valence-corrected chi connectivity index (χ2v) is 6.03. The molecule has 3 aromatic rings. The van der Waals surface area contributed by atoms with Crippen LogP contribution in [-0.4, -0.2) is 39.5 Å². The van der Waals surface area contributed by atoms with E-state index < -0.39 is 12.3 Å². The quantitative estimate of drug-likeness (QED) is 0.511. The average molecular weight is 402 g/mol. The van der Waals surface area contributed by atoms with Crippen molar-refractivity contribution in [3.8, 4) is 11.5 Å². The van der Waals surface area contributed by atoms with Gasteiger partial charge in [0.1, 0.15) is 17.8 Å². The Balaban J connectivity index is 1.49. The van der Waals surface area contributed by atoms with Gasteiger partial charge in [0.25, 0.3) is 0 Å². The van der Waals surface area contributed by atoms with Crippen LogP contribution in [0.15, 0.2) is 48.8 Å². The SMILES string of the molecule is COc1ccc(Nc2ncnc(Nc3ccc4c(c3)NC(O)C(F)(F)O4)n2)cc1. The molecule has 2 aromatic carbocycles. The van der Waals surface area contributed by atoms with Gasteiger partial charge in [-0.1, -0.05) is 0 Å². The average Bonchev–Trinajstić information content (AvgIpc) is 2.70. The molecule has 1 unspecified atom stereocenters. The third-order valence-corrected chi connectivity index (χ3v) is 4.01. The Morgan fingerprint density at radius 1 is 1.07 bits per heavy atom. The molecule has 0 spiro atoms. The van der Waals surface area contributed by atoms with Gasteiger partial charge < -0.3 is 30.5 Å². The first-order chi connectivity index (χ1) is 13.9. The maximum Gasteiger partial charge on any atom is 0.444 e. The zero-order valence-corrected chi connectivity index (χ0v) is 15.1. The van der Waals surface area contributed by atoms with E-state index in [-0.39, 0.29) is 17.4 Å². The monoisotopic (exact) mass is 402 g/mol. The third kappa shape index (κ3) is 4.09. The van der Waals surface area contributed by atoms with Crippen molar-refractivity contribution in [1.82, 2.24) is 15.0 Å². The second-order valence-electron chi connectivity index (χ2n) is 6.03. The summed E-state index contributed by atoms with van der Waals surface area (Å²) < 4.78 is 36.4. The van der Waals surface area contributed by atoms with E-state index in [1.807, 2.05) is 12.1 Å². The Morgan fingerprint density at radius 3 is 2.41 bits per heavy atom. The number of fused-ring (bicyclic) bond motifs is 1. The van der Waals surface area contributed by atoms with Crippen LogP contribution in [0.3, 0.4) is 0 Å². The van der Waals surface area contributed by atoms with Gasteiger partial charge in [0.2, 0.25) is 18.1 Å². The molecule has 150 valence electrons. The van der Waals surface area contributed by atoms with E-state index in [0.29, 0.717) is 11.6 Å². The number of benzene rings is 2. The van der Waals surface area contributed by atoms with Crippen LogP contribution >= 0.6 is 0 Å². The lowest BCUT2D eigenvalue weighted by Crippen LogP contribution is -2.47. The van der Waals surface area contributed by atoms with E-state index in [1.165, 1.54) is 24.5 Å². The Labute approximate surface area is 163 Å². The lowest BCUT2D eigenvalue weighted by atomic mass is 10.2. The molecule has 1 aromatic heterocycles. The first-order valence-electron chi connectivity index (χ1n) is 8.45. The van der Waals surface area contributed by atoms with Crippen molar-refractivity contribution in [1.29, 1.82) is 0 Å². The van der Waals surface area contributed by atoms with E-state index in [0.717, 1.165) is 11.4 Å². The van der Waals surface area contributed by atoms with Crippen LogP contribution in [0, 0.1) is 0 Å². The largest absolute Gasteiger partial charge is 0.497 e. The molecule has 0 aliphatic carbocycles. The van der Waals surface area contributed by atoms with Crippen molar-refractivity contribution in [3.05, 3.63) is 48.8 Å². The summed E-state index contributed by atoms with van der Waals surface area (Å²) in [6.45, 7) is 0. The first kappa shape index (κ1) is 18.6. The van der Waals surface area contributed by atoms with Crippen LogP contribution in [0.4, 0.5) is 37.7 Å². The topological polar surface area (TPSA) is 113 Å². The number of hydrogen-bond donors (Lipinski definition) is 4. The molecule has 0 radical (unpaired) electrons. The predicted octanol–water partition coefficient (Wildman–Crippen LogP) is 3.08. The number of nitrogens with zero attached hydrogens (tertiary/aromatic N) is 3. The highest BCUT2D eigenvalue weighted by Gasteiger charge is 2.45. The highest BCUT2D eigenvalue weighted by molar-refractivity contribution is 5.68. The molecular weight excluding hydrogens is 386 g/mol. The van der Waals surface area contributed by atoms with E-state index in [9.17, 15) is 13.9 Å². The highest BCUT2D eigenvalue weighted by Crippen LogP contribution is 2.38. The zero-order chi connectivity index (χ0) is 20.4. The van der Waals surface area contributed by atoms with Gasteiger partial charge in [-0.05, 0) is 42.5 Å². The third-order valence-electron chi connectivity index (χ3n) is 4.01. The number of aliphatic hydroxyl groups excluding tert-OH is 1. The summed E-state index contributed by atoms with van der Waals surface area (Å²) >= 11 is 0. The second kappa shape index (κ2) is 7.36. The van der Waals surface area contributed by atoms with Crippen LogP contribution in [0.1, 0.15) is 0 Å². The van der Waals surface area contributed by atoms with Crippen molar-refractivity contribution in [2.45, 2.75) is 12.3 Å². The lowest BCUT2D eigenvalue weighted by Gasteiger charge is -2.31. The molecule has 0 saturated carbocycles. The van der Waals surface area contributed by atoms with E-state index in [4.69, 9.17) is 4.74 Å². The van der Waals surface area contributed by atoms with Crippen LogP contribution in [0.25, 0.3) is 0 Å². The Kier molecular flexibility index (Phi) is 4.72. The fourth-order valence-electron chi connectivity index (χ4n) is 2.59. The number of hydrogen-bond acceptors (Lipinski definition) is 9. The minimum atomic E-state index is -3.71. The maximum atomic E-state index is 13.4. The van der Waals surface area contributed by atoms with Gasteiger partial charge >= 0.3 is 6.11 Å². The first-order valence-corrected chi connectivity index (χ1v) is 8.45. The van der Waals surface area contributed by atoms with E-state index >= 15 is 0 Å². The highest BCUT2D eigenvalue weighted by atomic mass is 19.3. The van der Waals surface area contributed by atoms with Gasteiger partial charge in [-0.3, -0.25) is 0 Å². The van der Waals surface area contributed by atoms with Gasteiger partial charge in [0, 0.05) is 11.4 Å². The summed E-state index contributed by atoms with van der Waals surface area (Å²) in [4.78, 5) is 12.4. The van der Waals surface area contributed by atoms with Crippen LogP contribution in [-0.2, 0) is 0 Å². The number of alkyl halides is 2. The minimum Gasteiger partial charge on any atom is -0.497 e. The van der Waals surface area contributed by atoms with Crippen molar-refractivity contribution in [2.75, 3.05) is 23.1 Å². The molecule has 2 heterocycles. The molecule has 11 heteroatoms. The molecule has 4 rings (SSSR count). The number of anilines is 5. The van der Waals surface area contributed by atoms with Crippen molar-refractivity contribution < 1.29 is 23.4 Å². The lowest BCUT2D eigenvalue weighted by molar-refractivity contribution is -0.235. The van der Waals surface area contributed by atoms with Gasteiger partial charge in [-0.2, -0.15) is 13.8 Å². The fourth-order valence-corrected chi connectivity index (χ4v) is 2.59. The summed E-state index contributed by atoms with van der Waals surface area (Å²) in [5.74, 6) is 1.19. The van der Waals surface area contributed by atoms with Crippen LogP contribution < -0.4 is 25.4 Å². The molecule has 0 amide bonds. The molecule has 29 heavy (non-hydrogen) atoms. The van der Waals surface area contributed by atoms with Crippen molar-refractivity contribution >= 4 is 29.0 Å². The standard InChI is InChI=1S/C18H16F2N6O3/c1-28-12-5-2-10(3-6-12)23-16-21-9-22-17(26-16)24-11-4-7-14-13(8-11)25-15(27)18(19,20)29-14/h2-9,15,25,27H,1H3,(H2,21,22,23,24,26). The summed E-state index contributed by atoms with van der Waals surface area (Å²) in [7, 11) is 1.58. The van der Waals surface area contributed by atoms with Gasteiger partial charge in [-0.15, -0.1) is 0 Å². The minimum absolute atomic E-state index is 0.0802. The number of ether oxygens (including phenoxy) is 2. The summed E-state index contributed by atoms with van der Waals surface area (Å²) in [6.07, 6.45) is -4.54. The van der Waals surface area contributed by atoms with Crippen molar-refractivity contribution in [2.24, 2.45) is 0 Å². The molecule has 4 N–H and O–H groups in total. The molecule has 0 bridgehead atoms. The molecule has 1 aliphatic rings. The summed E-state index contributed by atoms with van der Waals surface area (Å²) in [6, 6.07) is 11.6. The van der Waals surface area contributed by atoms with Gasteiger partial charge in [0.05, 0.1) is 12.8 Å². The molecule has 1 aliphatic heterocycles. The van der Waals surface area contributed by atoms with Crippen LogP contribution in [0.5, 0.6) is 11.5 Å². The van der Waals surface area contributed by atoms with Crippen molar-refractivity contribution in [3.63, 3.8) is 0 Å². The maximum absolute atomic E-state index is 13.4. The van der Waals surface area contributed by atoms with Gasteiger partial charge in [0.15, 0.2) is 0 Å². The number of aliphatic hydroxyl groups is 1. The summed E-state index contributed by atoms with van der Waals surface area (Å²) in [5, 5.41) is 17.7. The zero-order valence-electron chi connectivity index (χ0n) is 15.1. The Bertz CT molecular complexity index is 1020. The smallest absolute Gasteiger partial charge is 0.444 e. The molecule has 1 atom stereocenters. The summed E-state index contributed by atoms with van der Waals surface area (Å²) in [5.41, 5.74) is 1.46. The Hall–Kier alpha value is -3.73. The molecule has 0 saturated heterocycles.